The van der Waals surface area contributed by atoms with Gasteiger partial charge in [0, 0.05) is 15.9 Å². The Labute approximate surface area is 126 Å². The average Bonchev–Trinajstić information content (AvgIpc) is 2.77. The first kappa shape index (κ1) is 15.0. The normalized spacial score (nSPS) is 12.8. The summed E-state index contributed by atoms with van der Waals surface area (Å²) in [5.74, 6) is -0.979. The average molecular weight is 339 g/mol. The van der Waals surface area contributed by atoms with Crippen molar-refractivity contribution < 1.29 is 9.90 Å². The van der Waals surface area contributed by atoms with Gasteiger partial charge in [0.15, 0.2) is 5.69 Å². The fourth-order valence-corrected chi connectivity index (χ4v) is 2.78. The Bertz CT molecular complexity index is 622. The van der Waals surface area contributed by atoms with E-state index in [0.717, 1.165) is 22.8 Å². The minimum absolute atomic E-state index is 0.128. The van der Waals surface area contributed by atoms with Crippen LogP contribution in [0.15, 0.2) is 22.7 Å². The van der Waals surface area contributed by atoms with Crippen molar-refractivity contribution in [2.24, 2.45) is 0 Å². The van der Waals surface area contributed by atoms with Gasteiger partial charge in [-0.2, -0.15) is 5.10 Å². The van der Waals surface area contributed by atoms with Crippen LogP contribution >= 0.6 is 15.9 Å². The highest BCUT2D eigenvalue weighted by Crippen LogP contribution is 2.27. The molecule has 1 N–H and O–H groups in total. The summed E-state index contributed by atoms with van der Waals surface area (Å²) in [6.45, 7) is 4.27. The number of hydrogen-bond donors (Lipinski definition) is 1. The molecule has 5 heteroatoms. The van der Waals surface area contributed by atoms with E-state index in [9.17, 15) is 9.90 Å². The summed E-state index contributed by atoms with van der Waals surface area (Å²) in [6, 6.07) is 5.87. The van der Waals surface area contributed by atoms with Crippen LogP contribution in [0.2, 0.25) is 0 Å². The molecule has 0 fully saturated rings. The molecule has 1 aromatic carbocycles. The number of rotatable bonds is 6. The predicted molar refractivity (Wildman–Crippen MR) is 83.2 cm³/mol. The molecule has 4 nitrogen and oxygen atoms in total. The maximum atomic E-state index is 11.3. The molecule has 0 bridgehead atoms. The minimum atomic E-state index is -0.979. The van der Waals surface area contributed by atoms with Crippen LogP contribution < -0.4 is 0 Å². The molecule has 1 atom stereocenters. The largest absolute Gasteiger partial charge is 0.476 e. The molecule has 0 aliphatic rings. The van der Waals surface area contributed by atoms with Gasteiger partial charge in [-0.05, 0) is 31.5 Å². The Morgan fingerprint density at radius 2 is 2.20 bits per heavy atom. The van der Waals surface area contributed by atoms with Gasteiger partial charge in [0.2, 0.25) is 0 Å². The standard InChI is InChI=1S/C15H19BrN2O2/c1-3-4-5-6-10(2)18-13-8-7-11(16)9-12(13)14(17-18)15(19)20/h7-10H,3-6H2,1-2H3,(H,19,20). The summed E-state index contributed by atoms with van der Waals surface area (Å²) in [5, 5.41) is 14.3. The number of nitrogens with zero attached hydrogens (tertiary/aromatic N) is 2. The topological polar surface area (TPSA) is 55.1 Å². The van der Waals surface area contributed by atoms with Crippen molar-refractivity contribution in [1.29, 1.82) is 0 Å². The van der Waals surface area contributed by atoms with Crippen molar-refractivity contribution >= 4 is 32.8 Å². The van der Waals surface area contributed by atoms with Crippen molar-refractivity contribution in [1.82, 2.24) is 9.78 Å². The van der Waals surface area contributed by atoms with Crippen molar-refractivity contribution in [3.8, 4) is 0 Å². The lowest BCUT2D eigenvalue weighted by Gasteiger charge is -2.13. The zero-order valence-corrected chi connectivity index (χ0v) is 13.4. The maximum absolute atomic E-state index is 11.3. The van der Waals surface area contributed by atoms with Crippen molar-refractivity contribution in [3.63, 3.8) is 0 Å². The van der Waals surface area contributed by atoms with E-state index in [-0.39, 0.29) is 11.7 Å². The first-order valence-corrected chi connectivity index (χ1v) is 7.75. The quantitative estimate of drug-likeness (QED) is 0.780. The van der Waals surface area contributed by atoms with E-state index in [2.05, 4.69) is 34.9 Å². The van der Waals surface area contributed by atoms with Crippen LogP contribution in [0.4, 0.5) is 0 Å². The molecule has 108 valence electrons. The van der Waals surface area contributed by atoms with Crippen molar-refractivity contribution in [2.75, 3.05) is 0 Å². The molecule has 0 spiro atoms. The monoisotopic (exact) mass is 338 g/mol. The summed E-state index contributed by atoms with van der Waals surface area (Å²) in [7, 11) is 0. The number of halogens is 1. The predicted octanol–water partition coefficient (Wildman–Crippen LogP) is 4.64. The smallest absolute Gasteiger partial charge is 0.357 e. The second-order valence-electron chi connectivity index (χ2n) is 5.10. The SMILES string of the molecule is CCCCCC(C)n1nc(C(=O)O)c2cc(Br)ccc21. The van der Waals surface area contributed by atoms with E-state index >= 15 is 0 Å². The Morgan fingerprint density at radius 1 is 1.45 bits per heavy atom. The molecule has 0 aliphatic carbocycles. The number of carbonyl (C=O) groups is 1. The fourth-order valence-electron chi connectivity index (χ4n) is 2.42. The van der Waals surface area contributed by atoms with E-state index in [4.69, 9.17) is 0 Å². The van der Waals surface area contributed by atoms with E-state index in [0.29, 0.717) is 5.39 Å². The number of benzene rings is 1. The third-order valence-electron chi connectivity index (χ3n) is 3.51. The highest BCUT2D eigenvalue weighted by molar-refractivity contribution is 9.10. The Kier molecular flexibility index (Phi) is 4.81. The third kappa shape index (κ3) is 3.03. The van der Waals surface area contributed by atoms with Gasteiger partial charge in [0.25, 0.3) is 0 Å². The summed E-state index contributed by atoms with van der Waals surface area (Å²) in [4.78, 5) is 11.3. The van der Waals surface area contributed by atoms with Crippen LogP contribution in [-0.2, 0) is 0 Å². The molecule has 0 radical (unpaired) electrons. The Hall–Kier alpha value is -1.36. The van der Waals surface area contributed by atoms with Crippen molar-refractivity contribution in [3.05, 3.63) is 28.4 Å². The molecule has 1 aromatic heterocycles. The summed E-state index contributed by atoms with van der Waals surface area (Å²) < 4.78 is 2.71. The van der Waals surface area contributed by atoms with E-state index in [1.807, 2.05) is 22.9 Å². The van der Waals surface area contributed by atoms with Crippen LogP contribution in [0, 0.1) is 0 Å². The zero-order valence-electron chi connectivity index (χ0n) is 11.8. The van der Waals surface area contributed by atoms with Crippen LogP contribution in [0.25, 0.3) is 10.9 Å². The lowest BCUT2D eigenvalue weighted by molar-refractivity contribution is 0.0691. The number of carboxylic acid groups (broad SMARTS) is 1. The molecule has 20 heavy (non-hydrogen) atoms. The van der Waals surface area contributed by atoms with Crippen LogP contribution in [0.3, 0.4) is 0 Å². The van der Waals surface area contributed by atoms with Gasteiger partial charge in [-0.3, -0.25) is 4.68 Å². The van der Waals surface area contributed by atoms with Gasteiger partial charge in [-0.25, -0.2) is 4.79 Å². The molecule has 2 rings (SSSR count). The number of hydrogen-bond acceptors (Lipinski definition) is 2. The second-order valence-corrected chi connectivity index (χ2v) is 6.02. The fraction of sp³-hybridized carbons (Fsp3) is 0.467. The first-order valence-electron chi connectivity index (χ1n) is 6.95. The molecule has 0 amide bonds. The molecular formula is C15H19BrN2O2. The van der Waals surface area contributed by atoms with Gasteiger partial charge >= 0.3 is 5.97 Å². The van der Waals surface area contributed by atoms with E-state index < -0.39 is 5.97 Å². The zero-order chi connectivity index (χ0) is 14.7. The molecule has 0 aliphatic heterocycles. The van der Waals surface area contributed by atoms with E-state index in [1.54, 1.807) is 0 Å². The summed E-state index contributed by atoms with van der Waals surface area (Å²) in [6.07, 6.45) is 4.53. The Morgan fingerprint density at radius 3 is 2.85 bits per heavy atom. The van der Waals surface area contributed by atoms with Gasteiger partial charge < -0.3 is 5.11 Å². The highest BCUT2D eigenvalue weighted by atomic mass is 79.9. The first-order chi connectivity index (χ1) is 9.54. The van der Waals surface area contributed by atoms with Crippen LogP contribution in [0.5, 0.6) is 0 Å². The second kappa shape index (κ2) is 6.39. The number of carboxylic acids is 1. The highest BCUT2D eigenvalue weighted by Gasteiger charge is 2.19. The lowest BCUT2D eigenvalue weighted by Crippen LogP contribution is -2.08. The van der Waals surface area contributed by atoms with E-state index in [1.165, 1.54) is 12.8 Å². The van der Waals surface area contributed by atoms with Crippen molar-refractivity contribution in [2.45, 2.75) is 45.6 Å². The maximum Gasteiger partial charge on any atom is 0.357 e. The molecular weight excluding hydrogens is 320 g/mol. The molecule has 0 saturated heterocycles. The summed E-state index contributed by atoms with van der Waals surface area (Å²) in [5.41, 5.74) is 1.01. The lowest BCUT2D eigenvalue weighted by atomic mass is 10.1. The number of unbranched alkanes of at least 4 members (excludes halogenated alkanes) is 2. The van der Waals surface area contributed by atoms with Crippen LogP contribution in [0.1, 0.15) is 56.1 Å². The number of aromatic nitrogens is 2. The van der Waals surface area contributed by atoms with Gasteiger partial charge in [-0.1, -0.05) is 42.1 Å². The number of aromatic carboxylic acids is 1. The minimum Gasteiger partial charge on any atom is -0.476 e. The molecule has 0 saturated carbocycles. The molecule has 1 heterocycles. The van der Waals surface area contributed by atoms with Gasteiger partial charge in [-0.15, -0.1) is 0 Å². The summed E-state index contributed by atoms with van der Waals surface area (Å²) >= 11 is 3.38. The Balaban J connectivity index is 2.40. The third-order valence-corrected chi connectivity index (χ3v) is 4.01. The molecule has 1 unspecified atom stereocenters. The van der Waals surface area contributed by atoms with Gasteiger partial charge in [0.05, 0.1) is 5.52 Å². The van der Waals surface area contributed by atoms with Gasteiger partial charge in [0.1, 0.15) is 0 Å². The molecule has 2 aromatic rings. The van der Waals surface area contributed by atoms with Crippen LogP contribution in [-0.4, -0.2) is 20.9 Å². The number of fused-ring (bicyclic) bond motifs is 1.